The molecule has 2 N–H and O–H groups in total. The van der Waals surface area contributed by atoms with Crippen LogP contribution in [0.25, 0.3) is 0 Å². The van der Waals surface area contributed by atoms with Gasteiger partial charge in [-0.2, -0.15) is 0 Å². The van der Waals surface area contributed by atoms with E-state index in [4.69, 9.17) is 11.6 Å². The Bertz CT molecular complexity index is 525. The van der Waals surface area contributed by atoms with E-state index < -0.39 is 10.0 Å². The first kappa shape index (κ1) is 13.6. The first-order valence-corrected chi connectivity index (χ1v) is 8.00. The zero-order chi connectivity index (χ0) is 13.2. The average molecular weight is 289 g/mol. The first-order valence-electron chi connectivity index (χ1n) is 5.97. The molecular formula is C12H17ClN2O2S. The maximum Gasteiger partial charge on any atom is 0.234 e. The van der Waals surface area contributed by atoms with Gasteiger partial charge in [-0.3, -0.25) is 4.72 Å². The lowest BCUT2D eigenvalue weighted by Crippen LogP contribution is -2.32. The molecule has 1 saturated heterocycles. The third kappa shape index (κ3) is 3.37. The quantitative estimate of drug-likeness (QED) is 0.892. The van der Waals surface area contributed by atoms with Crippen molar-refractivity contribution in [1.29, 1.82) is 0 Å². The number of rotatable bonds is 4. The van der Waals surface area contributed by atoms with E-state index >= 15 is 0 Å². The van der Waals surface area contributed by atoms with Crippen LogP contribution in [-0.2, 0) is 10.0 Å². The van der Waals surface area contributed by atoms with E-state index in [-0.39, 0.29) is 11.8 Å². The van der Waals surface area contributed by atoms with Crippen molar-refractivity contribution in [3.05, 3.63) is 28.8 Å². The minimum atomic E-state index is -3.33. The standard InChI is InChI=1S/C12H17ClN2O2S/c1-9-11(13)5-2-6-12(9)15-18(16,17)8-10-4-3-7-14-10/h2,5-6,10,14-15H,3-4,7-8H2,1H3. The van der Waals surface area contributed by atoms with Crippen molar-refractivity contribution >= 4 is 27.3 Å². The molecule has 18 heavy (non-hydrogen) atoms. The van der Waals surface area contributed by atoms with E-state index in [1.807, 2.05) is 0 Å². The second-order valence-electron chi connectivity index (χ2n) is 4.59. The van der Waals surface area contributed by atoms with Gasteiger partial charge in [0.2, 0.25) is 10.0 Å². The molecule has 1 unspecified atom stereocenters. The van der Waals surface area contributed by atoms with Crippen LogP contribution in [0.4, 0.5) is 5.69 Å². The van der Waals surface area contributed by atoms with Crippen LogP contribution in [0.2, 0.25) is 5.02 Å². The molecule has 0 aliphatic carbocycles. The third-order valence-corrected chi connectivity index (χ3v) is 4.90. The molecule has 0 aromatic heterocycles. The maximum atomic E-state index is 12.0. The van der Waals surface area contributed by atoms with Crippen molar-refractivity contribution in [3.63, 3.8) is 0 Å². The fourth-order valence-corrected chi connectivity index (χ4v) is 3.72. The Morgan fingerprint density at radius 1 is 1.50 bits per heavy atom. The van der Waals surface area contributed by atoms with Crippen molar-refractivity contribution in [2.45, 2.75) is 25.8 Å². The smallest absolute Gasteiger partial charge is 0.234 e. The molecule has 0 radical (unpaired) electrons. The number of halogens is 1. The van der Waals surface area contributed by atoms with E-state index in [1.54, 1.807) is 25.1 Å². The van der Waals surface area contributed by atoms with E-state index in [0.717, 1.165) is 24.9 Å². The zero-order valence-electron chi connectivity index (χ0n) is 10.2. The summed E-state index contributed by atoms with van der Waals surface area (Å²) in [5, 5.41) is 3.74. The van der Waals surface area contributed by atoms with Crippen LogP contribution in [-0.4, -0.2) is 26.8 Å². The highest BCUT2D eigenvalue weighted by Gasteiger charge is 2.22. The number of hydrogen-bond acceptors (Lipinski definition) is 3. The van der Waals surface area contributed by atoms with E-state index in [1.165, 1.54) is 0 Å². The predicted octanol–water partition coefficient (Wildman–Crippen LogP) is 2.14. The van der Waals surface area contributed by atoms with Crippen molar-refractivity contribution in [2.75, 3.05) is 17.0 Å². The van der Waals surface area contributed by atoms with Crippen molar-refractivity contribution in [1.82, 2.24) is 5.32 Å². The Morgan fingerprint density at radius 2 is 2.28 bits per heavy atom. The van der Waals surface area contributed by atoms with E-state index in [9.17, 15) is 8.42 Å². The molecule has 0 bridgehead atoms. The normalized spacial score (nSPS) is 20.0. The summed E-state index contributed by atoms with van der Waals surface area (Å²) in [6, 6.07) is 5.26. The Morgan fingerprint density at radius 3 is 2.94 bits per heavy atom. The number of anilines is 1. The lowest BCUT2D eigenvalue weighted by Gasteiger charge is -2.14. The fourth-order valence-electron chi connectivity index (χ4n) is 2.09. The minimum absolute atomic E-state index is 0.0574. The van der Waals surface area contributed by atoms with Gasteiger partial charge in [-0.15, -0.1) is 0 Å². The molecule has 4 nitrogen and oxygen atoms in total. The monoisotopic (exact) mass is 288 g/mol. The molecule has 1 aliphatic rings. The summed E-state index contributed by atoms with van der Waals surface area (Å²) >= 11 is 5.97. The van der Waals surface area contributed by atoms with Gasteiger partial charge in [0.05, 0.1) is 11.4 Å². The summed E-state index contributed by atoms with van der Waals surface area (Å²) in [5.41, 5.74) is 1.31. The van der Waals surface area contributed by atoms with Gasteiger partial charge in [-0.05, 0) is 44.0 Å². The Kier molecular flexibility index (Phi) is 4.14. The van der Waals surface area contributed by atoms with Crippen LogP contribution < -0.4 is 10.0 Å². The van der Waals surface area contributed by atoms with Crippen LogP contribution in [0.1, 0.15) is 18.4 Å². The number of benzene rings is 1. The van der Waals surface area contributed by atoms with Gasteiger partial charge < -0.3 is 5.32 Å². The molecule has 1 atom stereocenters. The Hall–Kier alpha value is -0.780. The lowest BCUT2D eigenvalue weighted by molar-refractivity contribution is 0.582. The van der Waals surface area contributed by atoms with E-state index in [2.05, 4.69) is 10.0 Å². The molecule has 0 saturated carbocycles. The van der Waals surface area contributed by atoms with Gasteiger partial charge in [-0.25, -0.2) is 8.42 Å². The molecule has 1 fully saturated rings. The second kappa shape index (κ2) is 5.47. The predicted molar refractivity (Wildman–Crippen MR) is 74.6 cm³/mol. The molecule has 1 aliphatic heterocycles. The van der Waals surface area contributed by atoms with Crippen LogP contribution in [0, 0.1) is 6.92 Å². The summed E-state index contributed by atoms with van der Waals surface area (Å²) in [6.45, 7) is 2.70. The lowest BCUT2D eigenvalue weighted by atomic mass is 10.2. The van der Waals surface area contributed by atoms with Gasteiger partial charge in [-0.1, -0.05) is 17.7 Å². The largest absolute Gasteiger partial charge is 0.313 e. The van der Waals surface area contributed by atoms with Crippen LogP contribution in [0.5, 0.6) is 0 Å². The highest BCUT2D eigenvalue weighted by Crippen LogP contribution is 2.24. The van der Waals surface area contributed by atoms with Gasteiger partial charge in [0.1, 0.15) is 0 Å². The highest BCUT2D eigenvalue weighted by molar-refractivity contribution is 7.92. The topological polar surface area (TPSA) is 58.2 Å². The third-order valence-electron chi connectivity index (χ3n) is 3.12. The summed E-state index contributed by atoms with van der Waals surface area (Å²) in [7, 11) is -3.33. The minimum Gasteiger partial charge on any atom is -0.313 e. The molecule has 1 heterocycles. The fraction of sp³-hybridized carbons (Fsp3) is 0.500. The summed E-state index contributed by atoms with van der Waals surface area (Å²) in [4.78, 5) is 0. The summed E-state index contributed by atoms with van der Waals surface area (Å²) in [6.07, 6.45) is 1.95. The van der Waals surface area contributed by atoms with Gasteiger partial charge in [0.25, 0.3) is 0 Å². The Balaban J connectivity index is 2.09. The molecule has 6 heteroatoms. The molecule has 100 valence electrons. The number of hydrogen-bond donors (Lipinski definition) is 2. The van der Waals surface area contributed by atoms with Crippen LogP contribution in [0.15, 0.2) is 18.2 Å². The molecule has 0 spiro atoms. The summed E-state index contributed by atoms with van der Waals surface area (Å²) in [5.74, 6) is 0.110. The number of sulfonamides is 1. The molecular weight excluding hydrogens is 272 g/mol. The van der Waals surface area contributed by atoms with Crippen molar-refractivity contribution < 1.29 is 8.42 Å². The maximum absolute atomic E-state index is 12.0. The highest BCUT2D eigenvalue weighted by atomic mass is 35.5. The zero-order valence-corrected chi connectivity index (χ0v) is 11.8. The number of nitrogens with one attached hydrogen (secondary N) is 2. The summed E-state index contributed by atoms with van der Waals surface area (Å²) < 4.78 is 26.7. The van der Waals surface area contributed by atoms with E-state index in [0.29, 0.717) is 10.7 Å². The van der Waals surface area contributed by atoms with Crippen LogP contribution >= 0.6 is 11.6 Å². The van der Waals surface area contributed by atoms with Crippen molar-refractivity contribution in [2.24, 2.45) is 0 Å². The van der Waals surface area contributed by atoms with Gasteiger partial charge in [0, 0.05) is 11.1 Å². The average Bonchev–Trinajstić information content (AvgIpc) is 2.76. The first-order chi connectivity index (χ1) is 8.48. The molecule has 1 aromatic rings. The molecule has 0 amide bonds. The van der Waals surface area contributed by atoms with Gasteiger partial charge in [0.15, 0.2) is 0 Å². The Labute approximate surface area is 113 Å². The van der Waals surface area contributed by atoms with Crippen LogP contribution in [0.3, 0.4) is 0 Å². The van der Waals surface area contributed by atoms with Crippen molar-refractivity contribution in [3.8, 4) is 0 Å². The molecule has 1 aromatic carbocycles. The molecule has 2 rings (SSSR count). The second-order valence-corrected chi connectivity index (χ2v) is 6.76. The van der Waals surface area contributed by atoms with Gasteiger partial charge >= 0.3 is 0 Å². The SMILES string of the molecule is Cc1c(Cl)cccc1NS(=O)(=O)CC1CCCN1.